The third-order valence-corrected chi connectivity index (χ3v) is 3.74. The number of nitro groups is 1. The summed E-state index contributed by atoms with van der Waals surface area (Å²) in [6, 6.07) is 7.14. The molecule has 2 rings (SSSR count). The van der Waals surface area contributed by atoms with Crippen LogP contribution < -0.4 is 0 Å². The highest BCUT2D eigenvalue weighted by atomic mass is 79.9. The number of hydrogen-bond acceptors (Lipinski definition) is 4. The molecule has 0 aliphatic rings. The lowest BCUT2D eigenvalue weighted by atomic mass is 10.2. The van der Waals surface area contributed by atoms with E-state index in [1.165, 1.54) is 0 Å². The smallest absolute Gasteiger partial charge is 0.283 e. The maximum Gasteiger partial charge on any atom is 0.283 e. The maximum absolute atomic E-state index is 10.9. The highest BCUT2D eigenvalue weighted by Crippen LogP contribution is 2.26. The number of nitrogens with zero attached hydrogens (tertiary/aromatic N) is 2. The van der Waals surface area contributed by atoms with Gasteiger partial charge in [0.2, 0.25) is 0 Å². The van der Waals surface area contributed by atoms with Crippen molar-refractivity contribution < 1.29 is 9.34 Å². The number of benzene rings is 1. The van der Waals surface area contributed by atoms with Gasteiger partial charge in [0.25, 0.3) is 5.69 Å². The van der Waals surface area contributed by atoms with Crippen LogP contribution in [-0.2, 0) is 13.1 Å². The Hall–Kier alpha value is -1.66. The predicted molar refractivity (Wildman–Crippen MR) is 79.4 cm³/mol. The van der Waals surface area contributed by atoms with Gasteiger partial charge in [-0.25, -0.2) is 0 Å². The molecule has 0 spiro atoms. The lowest BCUT2D eigenvalue weighted by molar-refractivity contribution is -0.385. The van der Waals surface area contributed by atoms with Crippen LogP contribution in [0.5, 0.6) is 0 Å². The minimum absolute atomic E-state index is 0.0930. The van der Waals surface area contributed by atoms with E-state index >= 15 is 0 Å². The van der Waals surface area contributed by atoms with Crippen molar-refractivity contribution >= 4 is 21.6 Å². The molecule has 0 amide bonds. The van der Waals surface area contributed by atoms with Crippen molar-refractivity contribution in [2.24, 2.45) is 0 Å². The molecule has 5 nitrogen and oxygen atoms in total. The quantitative estimate of drug-likeness (QED) is 0.612. The molecule has 0 radical (unpaired) electrons. The third-order valence-electron chi connectivity index (χ3n) is 3.07. The first-order valence-corrected chi connectivity index (χ1v) is 6.91. The fourth-order valence-corrected chi connectivity index (χ4v) is 2.42. The van der Waals surface area contributed by atoms with Gasteiger partial charge in [-0.15, -0.1) is 0 Å². The van der Waals surface area contributed by atoms with Gasteiger partial charge in [-0.1, -0.05) is 6.07 Å². The van der Waals surface area contributed by atoms with Crippen molar-refractivity contribution in [3.05, 3.63) is 62.0 Å². The fraction of sp³-hybridized carbons (Fsp3) is 0.286. The molecule has 0 N–H and O–H groups in total. The van der Waals surface area contributed by atoms with Crippen molar-refractivity contribution in [1.29, 1.82) is 0 Å². The number of rotatable bonds is 5. The second-order valence-electron chi connectivity index (χ2n) is 4.72. The molecule has 1 heterocycles. The summed E-state index contributed by atoms with van der Waals surface area (Å²) in [6.45, 7) is 3.30. The van der Waals surface area contributed by atoms with Crippen molar-refractivity contribution in [2.75, 3.05) is 7.05 Å². The minimum atomic E-state index is -0.381. The number of furan rings is 1. The van der Waals surface area contributed by atoms with Gasteiger partial charge < -0.3 is 4.42 Å². The Morgan fingerprint density at radius 1 is 1.35 bits per heavy atom. The van der Waals surface area contributed by atoms with Crippen LogP contribution in [-0.4, -0.2) is 16.9 Å². The van der Waals surface area contributed by atoms with Crippen LogP contribution >= 0.6 is 15.9 Å². The summed E-state index contributed by atoms with van der Waals surface area (Å²) in [7, 11) is 1.97. The Balaban J connectivity index is 2.08. The Labute approximate surface area is 125 Å². The van der Waals surface area contributed by atoms with E-state index in [0.717, 1.165) is 23.4 Å². The Morgan fingerprint density at radius 2 is 2.10 bits per heavy atom. The highest BCUT2D eigenvalue weighted by Gasteiger charge is 2.13. The van der Waals surface area contributed by atoms with E-state index in [4.69, 9.17) is 4.42 Å². The van der Waals surface area contributed by atoms with Gasteiger partial charge in [0, 0.05) is 24.7 Å². The van der Waals surface area contributed by atoms with Crippen molar-refractivity contribution in [3.8, 4) is 0 Å². The molecule has 1 aromatic heterocycles. The zero-order valence-electron chi connectivity index (χ0n) is 11.3. The summed E-state index contributed by atoms with van der Waals surface area (Å²) in [5.41, 5.74) is 2.12. The summed E-state index contributed by atoms with van der Waals surface area (Å²) in [4.78, 5) is 12.6. The van der Waals surface area contributed by atoms with Crippen LogP contribution in [0.3, 0.4) is 0 Å². The molecule has 0 bridgehead atoms. The first kappa shape index (κ1) is 14.7. The SMILES string of the molecule is Cc1occc1CN(C)Cc1ccc(Br)c([N+](=O)[O-])c1. The molecule has 0 unspecified atom stereocenters. The van der Waals surface area contributed by atoms with Crippen LogP contribution in [0.4, 0.5) is 5.69 Å². The number of aryl methyl sites for hydroxylation is 1. The molecule has 1 aromatic carbocycles. The average molecular weight is 339 g/mol. The second kappa shape index (κ2) is 6.19. The molecule has 106 valence electrons. The topological polar surface area (TPSA) is 59.5 Å². The molecule has 2 aromatic rings. The van der Waals surface area contributed by atoms with Gasteiger partial charge in [0.1, 0.15) is 5.76 Å². The molecule has 20 heavy (non-hydrogen) atoms. The van der Waals surface area contributed by atoms with E-state index in [1.807, 2.05) is 26.1 Å². The van der Waals surface area contributed by atoms with Gasteiger partial charge in [-0.3, -0.25) is 15.0 Å². The third kappa shape index (κ3) is 3.46. The largest absolute Gasteiger partial charge is 0.469 e. The second-order valence-corrected chi connectivity index (χ2v) is 5.57. The van der Waals surface area contributed by atoms with Crippen molar-refractivity contribution in [3.63, 3.8) is 0 Å². The van der Waals surface area contributed by atoms with E-state index in [0.29, 0.717) is 11.0 Å². The Bertz CT molecular complexity index is 625. The van der Waals surface area contributed by atoms with Crippen molar-refractivity contribution in [1.82, 2.24) is 4.90 Å². The van der Waals surface area contributed by atoms with Gasteiger partial charge in [-0.2, -0.15) is 0 Å². The molecular formula is C14H15BrN2O3. The van der Waals surface area contributed by atoms with E-state index in [1.54, 1.807) is 18.4 Å². The van der Waals surface area contributed by atoms with Crippen LogP contribution in [0.15, 0.2) is 39.4 Å². The van der Waals surface area contributed by atoms with E-state index < -0.39 is 0 Å². The van der Waals surface area contributed by atoms with Crippen LogP contribution in [0.1, 0.15) is 16.9 Å². The first-order valence-electron chi connectivity index (χ1n) is 6.11. The minimum Gasteiger partial charge on any atom is -0.469 e. The van der Waals surface area contributed by atoms with Gasteiger partial charge >= 0.3 is 0 Å². The summed E-state index contributed by atoms with van der Waals surface area (Å²) in [5, 5.41) is 10.9. The fourth-order valence-electron chi connectivity index (χ4n) is 2.03. The number of hydrogen-bond donors (Lipinski definition) is 0. The number of halogens is 1. The Kier molecular flexibility index (Phi) is 4.57. The predicted octanol–water partition coefficient (Wildman–Crippen LogP) is 3.89. The molecule has 0 aliphatic carbocycles. The summed E-state index contributed by atoms with van der Waals surface area (Å²) in [6.07, 6.45) is 1.67. The summed E-state index contributed by atoms with van der Waals surface area (Å²) >= 11 is 3.19. The van der Waals surface area contributed by atoms with E-state index in [2.05, 4.69) is 20.8 Å². The van der Waals surface area contributed by atoms with Gasteiger partial charge in [-0.05, 0) is 47.6 Å². The Morgan fingerprint density at radius 3 is 2.70 bits per heavy atom. The molecule has 0 atom stereocenters. The molecule has 0 fully saturated rings. The van der Waals surface area contributed by atoms with Crippen LogP contribution in [0.2, 0.25) is 0 Å². The first-order chi connectivity index (χ1) is 9.47. The lowest BCUT2D eigenvalue weighted by Crippen LogP contribution is -2.17. The molecule has 0 aliphatic heterocycles. The zero-order chi connectivity index (χ0) is 14.7. The molecular weight excluding hydrogens is 324 g/mol. The summed E-state index contributed by atoms with van der Waals surface area (Å²) < 4.78 is 5.76. The van der Waals surface area contributed by atoms with Crippen molar-refractivity contribution in [2.45, 2.75) is 20.0 Å². The molecule has 6 heteroatoms. The van der Waals surface area contributed by atoms with E-state index in [9.17, 15) is 10.1 Å². The normalized spacial score (nSPS) is 11.0. The maximum atomic E-state index is 10.9. The van der Waals surface area contributed by atoms with Crippen LogP contribution in [0.25, 0.3) is 0 Å². The average Bonchev–Trinajstić information content (AvgIpc) is 2.77. The highest BCUT2D eigenvalue weighted by molar-refractivity contribution is 9.10. The van der Waals surface area contributed by atoms with E-state index in [-0.39, 0.29) is 10.6 Å². The standard InChI is InChI=1S/C14H15BrN2O3/c1-10-12(5-6-20-10)9-16(2)8-11-3-4-13(15)14(7-11)17(18)19/h3-7H,8-9H2,1-2H3. The molecule has 0 saturated carbocycles. The summed E-state index contributed by atoms with van der Waals surface area (Å²) in [5.74, 6) is 0.902. The van der Waals surface area contributed by atoms with Gasteiger partial charge in [0.05, 0.1) is 15.7 Å². The molecule has 0 saturated heterocycles. The number of nitro benzene ring substituents is 1. The monoisotopic (exact) mass is 338 g/mol. The zero-order valence-corrected chi connectivity index (χ0v) is 12.9. The lowest BCUT2D eigenvalue weighted by Gasteiger charge is -2.16. The van der Waals surface area contributed by atoms with Crippen LogP contribution in [0, 0.1) is 17.0 Å². The van der Waals surface area contributed by atoms with Gasteiger partial charge in [0.15, 0.2) is 0 Å².